The first-order valence-electron chi connectivity index (χ1n) is 9.41. The molecule has 0 aliphatic heterocycles. The van der Waals surface area contributed by atoms with Crippen molar-refractivity contribution in [2.75, 3.05) is 26.4 Å². The van der Waals surface area contributed by atoms with E-state index >= 15 is 0 Å². The zero-order chi connectivity index (χ0) is 21.1. The zero-order valence-corrected chi connectivity index (χ0v) is 16.6. The third-order valence-corrected chi connectivity index (χ3v) is 3.67. The number of benzene rings is 1. The fourth-order valence-corrected chi connectivity index (χ4v) is 2.34. The van der Waals surface area contributed by atoms with Crippen LogP contribution in [-0.4, -0.2) is 48.0 Å². The zero-order valence-electron chi connectivity index (χ0n) is 16.6. The molecule has 2 aromatic rings. The van der Waals surface area contributed by atoms with E-state index in [4.69, 9.17) is 14.2 Å². The molecule has 9 heteroatoms. The molecular weight excluding hydrogens is 378 g/mol. The highest BCUT2D eigenvalue weighted by Crippen LogP contribution is 2.17. The number of nitrogens with zero attached hydrogens (tertiary/aromatic N) is 2. The molecule has 1 aromatic carbocycles. The molecule has 0 radical (unpaired) electrons. The minimum atomic E-state index is -0.768. The van der Waals surface area contributed by atoms with E-state index in [0.717, 1.165) is 5.75 Å². The first kappa shape index (κ1) is 21.9. The fourth-order valence-electron chi connectivity index (χ4n) is 2.34. The van der Waals surface area contributed by atoms with Crippen molar-refractivity contribution in [1.29, 1.82) is 0 Å². The van der Waals surface area contributed by atoms with Gasteiger partial charge in [0, 0.05) is 12.6 Å². The molecule has 0 saturated carbocycles. The van der Waals surface area contributed by atoms with Crippen LogP contribution in [0.4, 0.5) is 0 Å². The number of aryl methyl sites for hydroxylation is 1. The summed E-state index contributed by atoms with van der Waals surface area (Å²) in [7, 11) is 0. The van der Waals surface area contributed by atoms with Gasteiger partial charge in [0.25, 0.3) is 11.5 Å². The highest BCUT2D eigenvalue weighted by Gasteiger charge is 2.13. The molecule has 0 aliphatic carbocycles. The molecule has 0 aliphatic rings. The average molecular weight is 403 g/mol. The molecule has 0 unspecified atom stereocenters. The summed E-state index contributed by atoms with van der Waals surface area (Å²) in [5.41, 5.74) is -0.321. The second-order valence-electron chi connectivity index (χ2n) is 5.96. The quantitative estimate of drug-likeness (QED) is 0.446. The lowest BCUT2D eigenvalue weighted by molar-refractivity contribution is -0.124. The number of rotatable bonds is 11. The number of hydrogen-bond donors (Lipinski definition) is 1. The van der Waals surface area contributed by atoms with Crippen molar-refractivity contribution in [3.05, 3.63) is 52.4 Å². The number of esters is 1. The molecule has 0 fully saturated rings. The Morgan fingerprint density at radius 3 is 2.38 bits per heavy atom. The number of hydrogen-bond acceptors (Lipinski definition) is 7. The van der Waals surface area contributed by atoms with Crippen LogP contribution in [0.3, 0.4) is 0 Å². The van der Waals surface area contributed by atoms with E-state index in [2.05, 4.69) is 10.4 Å². The van der Waals surface area contributed by atoms with Gasteiger partial charge in [0.05, 0.1) is 13.2 Å². The van der Waals surface area contributed by atoms with E-state index in [1.54, 1.807) is 24.3 Å². The van der Waals surface area contributed by atoms with Crippen LogP contribution in [0.5, 0.6) is 11.5 Å². The Balaban J connectivity index is 1.69. The smallest absolute Gasteiger partial charge is 0.359 e. The SMILES string of the molecule is CCCn1nc(C(=O)OCC(=O)NCCOc2ccc(OCC)cc2)ccc1=O. The summed E-state index contributed by atoms with van der Waals surface area (Å²) in [6, 6.07) is 9.68. The van der Waals surface area contributed by atoms with Gasteiger partial charge >= 0.3 is 5.97 Å². The van der Waals surface area contributed by atoms with Crippen molar-refractivity contribution >= 4 is 11.9 Å². The molecule has 156 valence electrons. The molecule has 0 spiro atoms. The van der Waals surface area contributed by atoms with E-state index in [1.807, 2.05) is 13.8 Å². The Morgan fingerprint density at radius 1 is 1.03 bits per heavy atom. The number of ether oxygens (including phenoxy) is 3. The van der Waals surface area contributed by atoms with E-state index in [-0.39, 0.29) is 24.4 Å². The van der Waals surface area contributed by atoms with Crippen LogP contribution < -0.4 is 20.3 Å². The van der Waals surface area contributed by atoms with Gasteiger partial charge in [-0.2, -0.15) is 5.10 Å². The molecule has 0 saturated heterocycles. The fraction of sp³-hybridized carbons (Fsp3) is 0.400. The van der Waals surface area contributed by atoms with Gasteiger partial charge in [0.2, 0.25) is 0 Å². The predicted octanol–water partition coefficient (Wildman–Crippen LogP) is 1.40. The lowest BCUT2D eigenvalue weighted by Crippen LogP contribution is -2.32. The van der Waals surface area contributed by atoms with E-state index in [1.165, 1.54) is 16.8 Å². The van der Waals surface area contributed by atoms with Gasteiger partial charge < -0.3 is 19.5 Å². The number of amides is 1. The number of nitrogens with one attached hydrogen (secondary N) is 1. The van der Waals surface area contributed by atoms with Crippen LogP contribution in [-0.2, 0) is 16.1 Å². The van der Waals surface area contributed by atoms with Gasteiger partial charge in [-0.25, -0.2) is 9.48 Å². The van der Waals surface area contributed by atoms with Crippen LogP contribution >= 0.6 is 0 Å². The topological polar surface area (TPSA) is 109 Å². The van der Waals surface area contributed by atoms with E-state index in [9.17, 15) is 14.4 Å². The van der Waals surface area contributed by atoms with Crippen molar-refractivity contribution in [3.63, 3.8) is 0 Å². The molecule has 29 heavy (non-hydrogen) atoms. The monoisotopic (exact) mass is 403 g/mol. The Kier molecular flexibility index (Phi) is 8.68. The average Bonchev–Trinajstić information content (AvgIpc) is 2.72. The van der Waals surface area contributed by atoms with Crippen molar-refractivity contribution in [3.8, 4) is 11.5 Å². The van der Waals surface area contributed by atoms with Crippen molar-refractivity contribution in [2.24, 2.45) is 0 Å². The summed E-state index contributed by atoms with van der Waals surface area (Å²) in [6.45, 7) is 4.86. The summed E-state index contributed by atoms with van der Waals surface area (Å²) in [5.74, 6) is 0.183. The maximum atomic E-state index is 12.0. The summed E-state index contributed by atoms with van der Waals surface area (Å²) in [4.78, 5) is 35.4. The van der Waals surface area contributed by atoms with Crippen LogP contribution in [0.1, 0.15) is 30.8 Å². The van der Waals surface area contributed by atoms with E-state index in [0.29, 0.717) is 25.3 Å². The van der Waals surface area contributed by atoms with Gasteiger partial charge in [-0.15, -0.1) is 0 Å². The molecule has 1 heterocycles. The minimum absolute atomic E-state index is 0.0234. The standard InChI is InChI=1S/C20H25N3O6/c1-3-12-23-19(25)10-9-17(22-23)20(26)29-14-18(24)21-11-13-28-16-7-5-15(6-8-16)27-4-2/h5-10H,3-4,11-14H2,1-2H3,(H,21,24). The summed E-state index contributed by atoms with van der Waals surface area (Å²) in [5, 5.41) is 6.53. The van der Waals surface area contributed by atoms with E-state index < -0.39 is 18.5 Å². The number of aromatic nitrogens is 2. The van der Waals surface area contributed by atoms with Gasteiger partial charge in [0.15, 0.2) is 12.3 Å². The first-order valence-corrected chi connectivity index (χ1v) is 9.41. The van der Waals surface area contributed by atoms with Crippen LogP contribution in [0.25, 0.3) is 0 Å². The minimum Gasteiger partial charge on any atom is -0.494 e. The molecule has 1 N–H and O–H groups in total. The Labute approximate surface area is 168 Å². The van der Waals surface area contributed by atoms with Crippen LogP contribution in [0.2, 0.25) is 0 Å². The van der Waals surface area contributed by atoms with Gasteiger partial charge in [-0.1, -0.05) is 6.92 Å². The second kappa shape index (κ2) is 11.5. The normalized spacial score (nSPS) is 10.3. The number of carbonyl (C=O) groups is 2. The predicted molar refractivity (Wildman–Crippen MR) is 105 cm³/mol. The Hall–Kier alpha value is -3.36. The van der Waals surface area contributed by atoms with Crippen LogP contribution in [0, 0.1) is 0 Å². The van der Waals surface area contributed by atoms with Crippen molar-refractivity contribution < 1.29 is 23.8 Å². The molecule has 1 aromatic heterocycles. The van der Waals surface area contributed by atoms with Gasteiger partial charge in [-0.3, -0.25) is 9.59 Å². The van der Waals surface area contributed by atoms with Crippen LogP contribution in [0.15, 0.2) is 41.2 Å². The Bertz CT molecular complexity index is 863. The largest absolute Gasteiger partial charge is 0.494 e. The lowest BCUT2D eigenvalue weighted by Gasteiger charge is -2.09. The molecule has 1 amide bonds. The molecule has 2 rings (SSSR count). The third kappa shape index (κ3) is 7.28. The molecule has 9 nitrogen and oxygen atoms in total. The highest BCUT2D eigenvalue weighted by atomic mass is 16.5. The van der Waals surface area contributed by atoms with Gasteiger partial charge in [-0.05, 0) is 43.7 Å². The molecule has 0 atom stereocenters. The third-order valence-electron chi connectivity index (χ3n) is 3.67. The van der Waals surface area contributed by atoms with Crippen molar-refractivity contribution in [1.82, 2.24) is 15.1 Å². The lowest BCUT2D eigenvalue weighted by atomic mass is 10.3. The summed E-state index contributed by atoms with van der Waals surface area (Å²) in [6.07, 6.45) is 0.701. The second-order valence-corrected chi connectivity index (χ2v) is 5.96. The van der Waals surface area contributed by atoms with Gasteiger partial charge in [0.1, 0.15) is 18.1 Å². The highest BCUT2D eigenvalue weighted by molar-refractivity contribution is 5.89. The number of carbonyl (C=O) groups excluding carboxylic acids is 2. The molecular formula is C20H25N3O6. The summed E-state index contributed by atoms with van der Waals surface area (Å²) >= 11 is 0. The molecule has 0 bridgehead atoms. The Morgan fingerprint density at radius 2 is 1.72 bits per heavy atom. The maximum absolute atomic E-state index is 12.0. The first-order chi connectivity index (χ1) is 14.0. The summed E-state index contributed by atoms with van der Waals surface area (Å²) < 4.78 is 17.0. The maximum Gasteiger partial charge on any atom is 0.359 e. The van der Waals surface area contributed by atoms with Crippen molar-refractivity contribution in [2.45, 2.75) is 26.8 Å².